The molecule has 2 aromatic rings. The minimum absolute atomic E-state index is 0.00737. The van der Waals surface area contributed by atoms with E-state index >= 15 is 0 Å². The first-order valence-electron chi connectivity index (χ1n) is 6.73. The van der Waals surface area contributed by atoms with Gasteiger partial charge in [0, 0.05) is 12.1 Å². The lowest BCUT2D eigenvalue weighted by atomic mass is 10.1. The molecule has 0 atom stereocenters. The van der Waals surface area contributed by atoms with Crippen molar-refractivity contribution in [3.63, 3.8) is 0 Å². The van der Waals surface area contributed by atoms with E-state index in [1.54, 1.807) is 0 Å². The molecule has 0 fully saturated rings. The second-order valence-corrected chi connectivity index (χ2v) is 4.84. The lowest BCUT2D eigenvalue weighted by molar-refractivity contribution is -0.116. The Hall–Kier alpha value is -2.13. The molecule has 0 radical (unpaired) electrons. The van der Waals surface area contributed by atoms with Crippen molar-refractivity contribution in [2.45, 2.75) is 26.4 Å². The van der Waals surface area contributed by atoms with Crippen molar-refractivity contribution >= 4 is 11.6 Å². The maximum absolute atomic E-state index is 12.0. The number of hydrogen-bond acceptors (Lipinski definition) is 2. The highest BCUT2D eigenvalue weighted by Crippen LogP contribution is 2.17. The monoisotopic (exact) mass is 269 g/mol. The first-order chi connectivity index (χ1) is 9.69. The van der Waals surface area contributed by atoms with Crippen molar-refractivity contribution in [2.24, 2.45) is 0 Å². The van der Waals surface area contributed by atoms with Crippen molar-refractivity contribution in [3.8, 4) is 0 Å². The Labute approximate surface area is 119 Å². The maximum Gasteiger partial charge on any atom is 0.224 e. The van der Waals surface area contributed by atoms with Crippen LogP contribution in [0.15, 0.2) is 48.5 Å². The summed E-state index contributed by atoms with van der Waals surface area (Å²) in [6.45, 7) is 1.92. The van der Waals surface area contributed by atoms with Crippen LogP contribution in [0.2, 0.25) is 0 Å². The number of aliphatic hydroxyl groups excluding tert-OH is 1. The maximum atomic E-state index is 12.0. The smallest absolute Gasteiger partial charge is 0.224 e. The highest BCUT2D eigenvalue weighted by atomic mass is 16.3. The van der Waals surface area contributed by atoms with Crippen molar-refractivity contribution in [2.75, 3.05) is 5.32 Å². The molecule has 0 saturated carbocycles. The van der Waals surface area contributed by atoms with Crippen molar-refractivity contribution in [3.05, 3.63) is 65.2 Å². The van der Waals surface area contributed by atoms with Gasteiger partial charge in [0.15, 0.2) is 0 Å². The normalized spacial score (nSPS) is 10.3. The zero-order chi connectivity index (χ0) is 14.4. The van der Waals surface area contributed by atoms with Gasteiger partial charge in [-0.2, -0.15) is 0 Å². The average Bonchev–Trinajstić information content (AvgIpc) is 2.48. The molecule has 1 amide bonds. The van der Waals surface area contributed by atoms with E-state index in [1.165, 1.54) is 0 Å². The fraction of sp³-hybridized carbons (Fsp3) is 0.235. The first kappa shape index (κ1) is 14.3. The second-order valence-electron chi connectivity index (χ2n) is 4.84. The molecular weight excluding hydrogens is 250 g/mol. The van der Waals surface area contributed by atoms with Crippen LogP contribution < -0.4 is 5.32 Å². The Kier molecular flexibility index (Phi) is 4.91. The predicted molar refractivity (Wildman–Crippen MR) is 80.5 cm³/mol. The molecule has 0 saturated heterocycles. The largest absolute Gasteiger partial charge is 0.392 e. The van der Waals surface area contributed by atoms with E-state index in [-0.39, 0.29) is 12.5 Å². The van der Waals surface area contributed by atoms with Crippen LogP contribution >= 0.6 is 0 Å². The van der Waals surface area contributed by atoms with Crippen LogP contribution in [-0.4, -0.2) is 11.0 Å². The Morgan fingerprint density at radius 3 is 2.55 bits per heavy atom. The number of benzene rings is 2. The molecular formula is C17H19NO2. The zero-order valence-electron chi connectivity index (χ0n) is 11.6. The molecule has 2 N–H and O–H groups in total. The zero-order valence-corrected chi connectivity index (χ0v) is 11.6. The van der Waals surface area contributed by atoms with Crippen LogP contribution in [0.1, 0.15) is 23.1 Å². The van der Waals surface area contributed by atoms with Gasteiger partial charge in [-0.25, -0.2) is 0 Å². The van der Waals surface area contributed by atoms with E-state index in [0.717, 1.165) is 28.8 Å². The molecule has 3 nitrogen and oxygen atoms in total. The molecule has 2 aromatic carbocycles. The highest BCUT2D eigenvalue weighted by Gasteiger charge is 2.06. The molecule has 0 unspecified atom stereocenters. The standard InChI is InChI=1S/C17H19NO2/c1-13-7-8-15(12-19)11-16(13)18-17(20)10-9-14-5-3-2-4-6-14/h2-8,11,19H,9-10,12H2,1H3,(H,18,20). The van der Waals surface area contributed by atoms with Gasteiger partial charge in [-0.15, -0.1) is 0 Å². The number of hydrogen-bond donors (Lipinski definition) is 2. The fourth-order valence-electron chi connectivity index (χ4n) is 2.02. The van der Waals surface area contributed by atoms with Crippen LogP contribution in [0, 0.1) is 6.92 Å². The topological polar surface area (TPSA) is 49.3 Å². The molecule has 20 heavy (non-hydrogen) atoms. The molecule has 0 aliphatic carbocycles. The summed E-state index contributed by atoms with van der Waals surface area (Å²) in [6, 6.07) is 15.5. The number of amides is 1. The van der Waals surface area contributed by atoms with Gasteiger partial charge in [-0.05, 0) is 36.1 Å². The van der Waals surface area contributed by atoms with E-state index in [0.29, 0.717) is 6.42 Å². The van der Waals surface area contributed by atoms with Crippen molar-refractivity contribution < 1.29 is 9.90 Å². The average molecular weight is 269 g/mol. The van der Waals surface area contributed by atoms with E-state index in [4.69, 9.17) is 5.11 Å². The van der Waals surface area contributed by atoms with Crippen LogP contribution in [0.25, 0.3) is 0 Å². The van der Waals surface area contributed by atoms with Gasteiger partial charge in [-0.3, -0.25) is 4.79 Å². The van der Waals surface area contributed by atoms with Crippen molar-refractivity contribution in [1.82, 2.24) is 0 Å². The molecule has 104 valence electrons. The molecule has 0 spiro atoms. The van der Waals surface area contributed by atoms with Crippen LogP contribution in [0.3, 0.4) is 0 Å². The van der Waals surface area contributed by atoms with E-state index in [9.17, 15) is 4.79 Å². The minimum Gasteiger partial charge on any atom is -0.392 e. The van der Waals surface area contributed by atoms with Crippen LogP contribution in [-0.2, 0) is 17.8 Å². The van der Waals surface area contributed by atoms with E-state index < -0.39 is 0 Å². The number of carbonyl (C=O) groups is 1. The van der Waals surface area contributed by atoms with Gasteiger partial charge in [-0.1, -0.05) is 42.5 Å². The third-order valence-electron chi connectivity index (χ3n) is 3.24. The summed E-state index contributed by atoms with van der Waals surface area (Å²) in [4.78, 5) is 12.0. The predicted octanol–water partition coefficient (Wildman–Crippen LogP) is 3.06. The number of rotatable bonds is 5. The molecule has 0 bridgehead atoms. The third-order valence-corrected chi connectivity index (χ3v) is 3.24. The SMILES string of the molecule is Cc1ccc(CO)cc1NC(=O)CCc1ccccc1. The summed E-state index contributed by atoms with van der Waals surface area (Å²) >= 11 is 0. The summed E-state index contributed by atoms with van der Waals surface area (Å²) < 4.78 is 0. The van der Waals surface area contributed by atoms with E-state index in [1.807, 2.05) is 55.5 Å². The van der Waals surface area contributed by atoms with E-state index in [2.05, 4.69) is 5.32 Å². The lowest BCUT2D eigenvalue weighted by Crippen LogP contribution is -2.13. The summed E-state index contributed by atoms with van der Waals surface area (Å²) in [6.07, 6.45) is 1.18. The molecule has 0 aromatic heterocycles. The second kappa shape index (κ2) is 6.87. The summed E-state index contributed by atoms with van der Waals surface area (Å²) in [7, 11) is 0. The summed E-state index contributed by atoms with van der Waals surface area (Å²) in [5, 5.41) is 12.0. The Bertz CT molecular complexity index is 579. The molecule has 2 rings (SSSR count). The van der Waals surface area contributed by atoms with Gasteiger partial charge in [0.05, 0.1) is 6.61 Å². The number of carbonyl (C=O) groups excluding carboxylic acids is 1. The third kappa shape index (κ3) is 3.93. The molecule has 0 heterocycles. The molecule has 0 aliphatic heterocycles. The van der Waals surface area contributed by atoms with Gasteiger partial charge in [0.1, 0.15) is 0 Å². The van der Waals surface area contributed by atoms with Crippen LogP contribution in [0.5, 0.6) is 0 Å². The number of aryl methyl sites for hydroxylation is 2. The number of nitrogens with one attached hydrogen (secondary N) is 1. The summed E-state index contributed by atoms with van der Waals surface area (Å²) in [5.41, 5.74) is 3.72. The van der Waals surface area contributed by atoms with Gasteiger partial charge >= 0.3 is 0 Å². The number of aliphatic hydroxyl groups is 1. The van der Waals surface area contributed by atoms with Gasteiger partial charge < -0.3 is 10.4 Å². The fourth-order valence-corrected chi connectivity index (χ4v) is 2.02. The van der Waals surface area contributed by atoms with Crippen LogP contribution in [0.4, 0.5) is 5.69 Å². The van der Waals surface area contributed by atoms with Gasteiger partial charge in [0.25, 0.3) is 0 Å². The first-order valence-corrected chi connectivity index (χ1v) is 6.73. The summed E-state index contributed by atoms with van der Waals surface area (Å²) in [5.74, 6) is -0.00737. The van der Waals surface area contributed by atoms with Crippen molar-refractivity contribution in [1.29, 1.82) is 0 Å². The molecule has 3 heteroatoms. The number of anilines is 1. The quantitative estimate of drug-likeness (QED) is 0.876. The Morgan fingerprint density at radius 2 is 1.85 bits per heavy atom. The van der Waals surface area contributed by atoms with Gasteiger partial charge in [0.2, 0.25) is 5.91 Å². The minimum atomic E-state index is -0.0207. The Balaban J connectivity index is 1.94. The highest BCUT2D eigenvalue weighted by molar-refractivity contribution is 5.91. The molecule has 0 aliphatic rings. The lowest BCUT2D eigenvalue weighted by Gasteiger charge is -2.10. The Morgan fingerprint density at radius 1 is 1.10 bits per heavy atom.